The van der Waals surface area contributed by atoms with Gasteiger partial charge in [0.05, 0.1) is 0 Å². The van der Waals surface area contributed by atoms with Gasteiger partial charge >= 0.3 is 6.09 Å². The molecule has 0 saturated heterocycles. The second kappa shape index (κ2) is 20.1. The Hall–Kier alpha value is -3.10. The van der Waals surface area contributed by atoms with E-state index in [2.05, 4.69) is 21.3 Å². The van der Waals surface area contributed by atoms with Gasteiger partial charge in [-0.05, 0) is 36.5 Å². The van der Waals surface area contributed by atoms with Crippen molar-refractivity contribution in [2.45, 2.75) is 94.3 Å². The molecule has 0 radical (unpaired) electrons. The molecule has 36 heavy (non-hydrogen) atoms. The lowest BCUT2D eigenvalue weighted by atomic mass is 10.0. The van der Waals surface area contributed by atoms with Crippen molar-refractivity contribution in [3.05, 3.63) is 29.8 Å². The zero-order valence-electron chi connectivity index (χ0n) is 23.8. The minimum absolute atomic E-state index is 0.116. The summed E-state index contributed by atoms with van der Waals surface area (Å²) in [6.07, 6.45) is -0.202. The van der Waals surface area contributed by atoms with Crippen LogP contribution in [0.5, 0.6) is 0 Å². The highest BCUT2D eigenvalue weighted by Crippen LogP contribution is 2.11. The number of carbonyl (C=O) groups excluding carboxylic acids is 4. The molecule has 0 aliphatic carbocycles. The van der Waals surface area contributed by atoms with E-state index in [-0.39, 0.29) is 30.8 Å². The van der Waals surface area contributed by atoms with Crippen LogP contribution in [0.3, 0.4) is 0 Å². The maximum absolute atomic E-state index is 12.5. The number of hydrogen-bond donors (Lipinski definition) is 4. The van der Waals surface area contributed by atoms with Gasteiger partial charge in [0.2, 0.25) is 17.7 Å². The molecule has 0 spiro atoms. The van der Waals surface area contributed by atoms with E-state index >= 15 is 0 Å². The summed E-state index contributed by atoms with van der Waals surface area (Å²) in [6, 6.07) is 5.35. The van der Waals surface area contributed by atoms with Crippen LogP contribution in [0.15, 0.2) is 24.3 Å². The van der Waals surface area contributed by atoms with Gasteiger partial charge in [-0.15, -0.1) is 0 Å². The quantitative estimate of drug-likeness (QED) is 0.347. The fraction of sp³-hybridized carbons (Fsp3) is 0.630. The van der Waals surface area contributed by atoms with E-state index in [1.54, 1.807) is 38.1 Å². The molecule has 9 heteroatoms. The Labute approximate surface area is 217 Å². The third-order valence-corrected chi connectivity index (χ3v) is 4.58. The lowest BCUT2D eigenvalue weighted by molar-refractivity contribution is -0.131. The summed E-state index contributed by atoms with van der Waals surface area (Å²) in [5.41, 5.74) is 1.32. The first kappa shape index (κ1) is 35.1. The van der Waals surface area contributed by atoms with E-state index in [9.17, 15) is 19.2 Å². The van der Waals surface area contributed by atoms with Gasteiger partial charge in [-0.1, -0.05) is 74.4 Å². The molecular formula is C27H48N4O5. The molecule has 1 rings (SSSR count). The highest BCUT2D eigenvalue weighted by molar-refractivity contribution is 5.98. The van der Waals surface area contributed by atoms with Crippen LogP contribution in [-0.4, -0.2) is 42.4 Å². The Balaban J connectivity index is 0. The Morgan fingerprint density at radius 3 is 1.86 bits per heavy atom. The van der Waals surface area contributed by atoms with Crippen molar-refractivity contribution < 1.29 is 23.9 Å². The van der Waals surface area contributed by atoms with Gasteiger partial charge in [0.25, 0.3) is 0 Å². The molecule has 1 unspecified atom stereocenters. The van der Waals surface area contributed by atoms with E-state index in [0.717, 1.165) is 5.56 Å². The molecule has 0 fully saturated rings. The fourth-order valence-electron chi connectivity index (χ4n) is 2.60. The van der Waals surface area contributed by atoms with E-state index in [4.69, 9.17) is 4.74 Å². The summed E-state index contributed by atoms with van der Waals surface area (Å²) >= 11 is 0. The molecule has 0 aromatic heterocycles. The molecule has 2 atom stereocenters. The number of nitrogens with one attached hydrogen (secondary N) is 4. The van der Waals surface area contributed by atoms with Crippen molar-refractivity contribution in [3.63, 3.8) is 0 Å². The van der Waals surface area contributed by atoms with Gasteiger partial charge in [-0.25, -0.2) is 4.79 Å². The number of amides is 4. The van der Waals surface area contributed by atoms with Crippen molar-refractivity contribution in [2.75, 3.05) is 11.9 Å². The van der Waals surface area contributed by atoms with Gasteiger partial charge in [-0.2, -0.15) is 0 Å². The monoisotopic (exact) mass is 508 g/mol. The van der Waals surface area contributed by atoms with Crippen LogP contribution in [0.25, 0.3) is 0 Å². The SMILES string of the molecule is CC.CC.CCC(=O)N[C@H](C(=O)NC(C)C(=O)Nc1ccc(COC(=O)NCC(C)C)cc1)C(C)C. The normalized spacial score (nSPS) is 11.6. The highest BCUT2D eigenvalue weighted by Gasteiger charge is 2.26. The number of carbonyl (C=O) groups is 4. The summed E-state index contributed by atoms with van der Waals surface area (Å²) in [4.78, 5) is 48.2. The van der Waals surface area contributed by atoms with Crippen molar-refractivity contribution in [3.8, 4) is 0 Å². The van der Waals surface area contributed by atoms with Crippen LogP contribution >= 0.6 is 0 Å². The van der Waals surface area contributed by atoms with Crippen molar-refractivity contribution in [2.24, 2.45) is 11.8 Å². The van der Waals surface area contributed by atoms with Crippen molar-refractivity contribution in [1.29, 1.82) is 0 Å². The van der Waals surface area contributed by atoms with E-state index < -0.39 is 24.1 Å². The first-order chi connectivity index (χ1) is 17.0. The Morgan fingerprint density at radius 2 is 1.39 bits per heavy atom. The van der Waals surface area contributed by atoms with Crippen LogP contribution in [0, 0.1) is 11.8 Å². The minimum Gasteiger partial charge on any atom is -0.445 e. The standard InChI is InChI=1S/C23H36N4O5.2C2H6/c1-7-19(28)27-20(15(4)5)22(30)25-16(6)21(29)26-18-10-8-17(9-11-18)13-32-23(31)24-12-14(2)3;2*1-2/h8-11,14-16,20H,7,12-13H2,1-6H3,(H,24,31)(H,25,30)(H,26,29)(H,27,28);2*1-2H3/t16?,20-;;/m0../s1. The summed E-state index contributed by atoms with van der Waals surface area (Å²) in [7, 11) is 0. The van der Waals surface area contributed by atoms with Gasteiger partial charge < -0.3 is 26.0 Å². The molecular weight excluding hydrogens is 460 g/mol. The molecule has 0 saturated carbocycles. The average Bonchev–Trinajstić information content (AvgIpc) is 2.87. The summed E-state index contributed by atoms with van der Waals surface area (Å²) in [6.45, 7) is 19.6. The zero-order valence-corrected chi connectivity index (χ0v) is 23.8. The molecule has 1 aromatic rings. The molecule has 0 heterocycles. The van der Waals surface area contributed by atoms with Gasteiger partial charge in [-0.3, -0.25) is 14.4 Å². The second-order valence-corrected chi connectivity index (χ2v) is 8.41. The van der Waals surface area contributed by atoms with Crippen LogP contribution in [0.4, 0.5) is 10.5 Å². The van der Waals surface area contributed by atoms with Crippen LogP contribution in [-0.2, 0) is 25.7 Å². The van der Waals surface area contributed by atoms with Gasteiger partial charge in [0.15, 0.2) is 0 Å². The molecule has 0 aliphatic rings. The van der Waals surface area contributed by atoms with E-state index in [1.165, 1.54) is 0 Å². The van der Waals surface area contributed by atoms with Gasteiger partial charge in [0, 0.05) is 18.7 Å². The van der Waals surface area contributed by atoms with E-state index in [0.29, 0.717) is 18.2 Å². The maximum atomic E-state index is 12.5. The van der Waals surface area contributed by atoms with Crippen molar-refractivity contribution in [1.82, 2.24) is 16.0 Å². The molecule has 9 nitrogen and oxygen atoms in total. The predicted octanol–water partition coefficient (Wildman–Crippen LogP) is 4.62. The summed E-state index contributed by atoms with van der Waals surface area (Å²) < 4.78 is 5.14. The smallest absolute Gasteiger partial charge is 0.407 e. The molecule has 1 aromatic carbocycles. The van der Waals surface area contributed by atoms with Crippen LogP contribution in [0.1, 0.15) is 81.2 Å². The maximum Gasteiger partial charge on any atom is 0.407 e. The molecule has 206 valence electrons. The fourth-order valence-corrected chi connectivity index (χ4v) is 2.60. The first-order valence-corrected chi connectivity index (χ1v) is 12.9. The molecule has 4 N–H and O–H groups in total. The largest absolute Gasteiger partial charge is 0.445 e. The lowest BCUT2D eigenvalue weighted by Gasteiger charge is -2.23. The summed E-state index contributed by atoms with van der Waals surface area (Å²) in [5.74, 6) is -0.809. The predicted molar refractivity (Wildman–Crippen MR) is 145 cm³/mol. The number of rotatable bonds is 11. The number of alkyl carbamates (subject to hydrolysis) is 1. The summed E-state index contributed by atoms with van der Waals surface area (Å²) in [5, 5.41) is 10.7. The topological polar surface area (TPSA) is 126 Å². The Kier molecular flexibility index (Phi) is 19.6. The average molecular weight is 509 g/mol. The number of benzene rings is 1. The Morgan fingerprint density at radius 1 is 0.833 bits per heavy atom. The third kappa shape index (κ3) is 15.0. The van der Waals surface area contributed by atoms with Gasteiger partial charge in [0.1, 0.15) is 18.7 Å². The molecule has 0 aliphatic heterocycles. The number of hydrogen-bond acceptors (Lipinski definition) is 5. The number of ether oxygens (including phenoxy) is 1. The van der Waals surface area contributed by atoms with Crippen molar-refractivity contribution >= 4 is 29.5 Å². The minimum atomic E-state index is -0.796. The number of anilines is 1. The Bertz CT molecular complexity index is 779. The van der Waals surface area contributed by atoms with E-state index in [1.807, 2.05) is 55.4 Å². The first-order valence-electron chi connectivity index (χ1n) is 12.9. The lowest BCUT2D eigenvalue weighted by Crippen LogP contribution is -2.53. The zero-order chi connectivity index (χ0) is 28.3. The molecule has 0 bridgehead atoms. The van der Waals surface area contributed by atoms with Crippen LogP contribution < -0.4 is 21.3 Å². The molecule has 4 amide bonds. The third-order valence-electron chi connectivity index (χ3n) is 4.58. The highest BCUT2D eigenvalue weighted by atomic mass is 16.5. The second-order valence-electron chi connectivity index (χ2n) is 8.41. The van der Waals surface area contributed by atoms with Crippen LogP contribution in [0.2, 0.25) is 0 Å².